The van der Waals surface area contributed by atoms with E-state index in [-0.39, 0.29) is 17.8 Å². The van der Waals surface area contributed by atoms with Crippen LogP contribution in [0.4, 0.5) is 0 Å². The Bertz CT molecular complexity index is 750. The number of aromatic carboxylic acids is 1. The molecular weight excluding hydrogens is 270 g/mol. The Morgan fingerprint density at radius 1 is 1.38 bits per heavy atom. The number of hydrogen-bond donors (Lipinski definition) is 1. The van der Waals surface area contributed by atoms with Gasteiger partial charge in [0.15, 0.2) is 0 Å². The highest BCUT2D eigenvalue weighted by Crippen LogP contribution is 2.22. The van der Waals surface area contributed by atoms with E-state index in [1.165, 1.54) is 6.20 Å². The SMILES string of the molecule is CC1CCC(Cn2cc(C(=O)O)c(=O)c3ccccc32)O1. The highest BCUT2D eigenvalue weighted by atomic mass is 16.5. The van der Waals surface area contributed by atoms with Crippen LogP contribution in [0.2, 0.25) is 0 Å². The Morgan fingerprint density at radius 3 is 2.81 bits per heavy atom. The molecule has 5 heteroatoms. The molecule has 1 aromatic heterocycles. The first-order chi connectivity index (χ1) is 10.1. The Balaban J connectivity index is 2.10. The number of para-hydroxylation sites is 1. The van der Waals surface area contributed by atoms with Gasteiger partial charge in [0.05, 0.1) is 17.7 Å². The van der Waals surface area contributed by atoms with E-state index in [4.69, 9.17) is 4.74 Å². The number of carbonyl (C=O) groups is 1. The van der Waals surface area contributed by atoms with Crippen LogP contribution in [0.25, 0.3) is 10.9 Å². The van der Waals surface area contributed by atoms with Crippen molar-refractivity contribution in [3.63, 3.8) is 0 Å². The standard InChI is InChI=1S/C16H17NO4/c1-10-6-7-11(21-10)8-17-9-13(16(19)20)15(18)12-4-2-3-5-14(12)17/h2-5,9-11H,6-8H2,1H3,(H,19,20). The van der Waals surface area contributed by atoms with Crippen molar-refractivity contribution >= 4 is 16.9 Å². The summed E-state index contributed by atoms with van der Waals surface area (Å²) in [6.45, 7) is 2.59. The van der Waals surface area contributed by atoms with Gasteiger partial charge in [-0.3, -0.25) is 4.79 Å². The zero-order valence-electron chi connectivity index (χ0n) is 11.8. The summed E-state index contributed by atoms with van der Waals surface area (Å²) in [5.74, 6) is -1.19. The lowest BCUT2D eigenvalue weighted by Crippen LogP contribution is -2.23. The van der Waals surface area contributed by atoms with Crippen LogP contribution >= 0.6 is 0 Å². The average Bonchev–Trinajstić information content (AvgIpc) is 2.87. The quantitative estimate of drug-likeness (QED) is 0.940. The van der Waals surface area contributed by atoms with Crippen LogP contribution in [0.1, 0.15) is 30.1 Å². The van der Waals surface area contributed by atoms with E-state index in [2.05, 4.69) is 0 Å². The maximum atomic E-state index is 12.2. The molecule has 0 saturated carbocycles. The Labute approximate surface area is 121 Å². The van der Waals surface area contributed by atoms with Crippen molar-refractivity contribution in [2.24, 2.45) is 0 Å². The smallest absolute Gasteiger partial charge is 0.341 e. The molecule has 1 aliphatic heterocycles. The third kappa shape index (κ3) is 2.56. The lowest BCUT2D eigenvalue weighted by Gasteiger charge is -2.17. The van der Waals surface area contributed by atoms with Crippen LogP contribution in [-0.4, -0.2) is 27.9 Å². The number of fused-ring (bicyclic) bond motifs is 1. The predicted molar refractivity (Wildman–Crippen MR) is 78.7 cm³/mol. The minimum Gasteiger partial charge on any atom is -0.477 e. The van der Waals surface area contributed by atoms with Crippen molar-refractivity contribution in [2.75, 3.05) is 0 Å². The van der Waals surface area contributed by atoms with Gasteiger partial charge in [-0.1, -0.05) is 12.1 Å². The van der Waals surface area contributed by atoms with Crippen LogP contribution in [0, 0.1) is 0 Å². The molecule has 1 aliphatic rings. The van der Waals surface area contributed by atoms with Gasteiger partial charge >= 0.3 is 5.97 Å². The fourth-order valence-electron chi connectivity index (χ4n) is 2.89. The number of nitrogens with zero attached hydrogens (tertiary/aromatic N) is 1. The normalized spacial score (nSPS) is 21.8. The first kappa shape index (κ1) is 13.8. The van der Waals surface area contributed by atoms with Gasteiger partial charge in [0.1, 0.15) is 5.56 Å². The van der Waals surface area contributed by atoms with Crippen molar-refractivity contribution in [3.8, 4) is 0 Å². The second-order valence-corrected chi connectivity index (χ2v) is 5.49. The Morgan fingerprint density at radius 2 is 2.14 bits per heavy atom. The highest BCUT2D eigenvalue weighted by Gasteiger charge is 2.23. The molecule has 0 amide bonds. The minimum atomic E-state index is -1.19. The molecule has 1 fully saturated rings. The van der Waals surface area contributed by atoms with Crippen molar-refractivity contribution in [3.05, 3.63) is 46.2 Å². The maximum absolute atomic E-state index is 12.2. The molecule has 1 N–H and O–H groups in total. The topological polar surface area (TPSA) is 68.5 Å². The van der Waals surface area contributed by atoms with E-state index >= 15 is 0 Å². The fourth-order valence-corrected chi connectivity index (χ4v) is 2.89. The average molecular weight is 287 g/mol. The summed E-state index contributed by atoms with van der Waals surface area (Å²) in [4.78, 5) is 23.4. The molecule has 0 radical (unpaired) electrons. The van der Waals surface area contributed by atoms with Crippen LogP contribution in [0.3, 0.4) is 0 Å². The van der Waals surface area contributed by atoms with Gasteiger partial charge in [-0.15, -0.1) is 0 Å². The summed E-state index contributed by atoms with van der Waals surface area (Å²) in [5, 5.41) is 9.64. The second kappa shape index (κ2) is 5.33. The van der Waals surface area contributed by atoms with Crippen LogP contribution in [0.5, 0.6) is 0 Å². The van der Waals surface area contributed by atoms with E-state index in [1.54, 1.807) is 12.1 Å². The number of hydrogen-bond acceptors (Lipinski definition) is 3. The number of ether oxygens (including phenoxy) is 1. The molecule has 2 atom stereocenters. The lowest BCUT2D eigenvalue weighted by atomic mass is 10.1. The first-order valence-electron chi connectivity index (χ1n) is 7.07. The zero-order valence-corrected chi connectivity index (χ0v) is 11.8. The Hall–Kier alpha value is -2.14. The molecule has 110 valence electrons. The van der Waals surface area contributed by atoms with Gasteiger partial charge in [-0.25, -0.2) is 4.79 Å². The molecule has 0 spiro atoms. The molecule has 2 heterocycles. The summed E-state index contributed by atoms with van der Waals surface area (Å²) in [5.41, 5.74) is 0.116. The number of benzene rings is 1. The summed E-state index contributed by atoms with van der Waals surface area (Å²) < 4.78 is 7.62. The van der Waals surface area contributed by atoms with Crippen molar-refractivity contribution < 1.29 is 14.6 Å². The number of carboxylic acid groups (broad SMARTS) is 1. The van der Waals surface area contributed by atoms with Gasteiger partial charge in [-0.2, -0.15) is 0 Å². The number of rotatable bonds is 3. The van der Waals surface area contributed by atoms with Crippen LogP contribution in [-0.2, 0) is 11.3 Å². The molecule has 2 unspecified atom stereocenters. The molecule has 2 aromatic rings. The maximum Gasteiger partial charge on any atom is 0.341 e. The van der Waals surface area contributed by atoms with Crippen molar-refractivity contribution in [1.82, 2.24) is 4.57 Å². The molecule has 0 aliphatic carbocycles. The molecule has 3 rings (SSSR count). The number of pyridine rings is 1. The zero-order chi connectivity index (χ0) is 15.0. The molecule has 21 heavy (non-hydrogen) atoms. The minimum absolute atomic E-state index is 0.0625. The van der Waals surface area contributed by atoms with Crippen LogP contribution < -0.4 is 5.43 Å². The monoisotopic (exact) mass is 287 g/mol. The Kier molecular flexibility index (Phi) is 3.51. The van der Waals surface area contributed by atoms with Crippen LogP contribution in [0.15, 0.2) is 35.3 Å². The van der Waals surface area contributed by atoms with E-state index in [0.29, 0.717) is 11.9 Å². The molecule has 5 nitrogen and oxygen atoms in total. The predicted octanol–water partition coefficient (Wildman–Crippen LogP) is 2.27. The molecular formula is C16H17NO4. The van der Waals surface area contributed by atoms with Crippen molar-refractivity contribution in [1.29, 1.82) is 0 Å². The highest BCUT2D eigenvalue weighted by molar-refractivity contribution is 5.92. The van der Waals surface area contributed by atoms with Gasteiger partial charge < -0.3 is 14.4 Å². The van der Waals surface area contributed by atoms with E-state index in [1.807, 2.05) is 23.6 Å². The molecule has 1 aromatic carbocycles. The van der Waals surface area contributed by atoms with E-state index in [9.17, 15) is 14.7 Å². The second-order valence-electron chi connectivity index (χ2n) is 5.49. The third-order valence-electron chi connectivity index (χ3n) is 3.94. The summed E-state index contributed by atoms with van der Waals surface area (Å²) >= 11 is 0. The summed E-state index contributed by atoms with van der Waals surface area (Å²) in [6, 6.07) is 7.09. The summed E-state index contributed by atoms with van der Waals surface area (Å²) in [6.07, 6.45) is 3.69. The van der Waals surface area contributed by atoms with Gasteiger partial charge in [0.25, 0.3) is 0 Å². The van der Waals surface area contributed by atoms with E-state index in [0.717, 1.165) is 18.4 Å². The summed E-state index contributed by atoms with van der Waals surface area (Å²) in [7, 11) is 0. The van der Waals surface area contributed by atoms with Gasteiger partial charge in [0, 0.05) is 18.1 Å². The van der Waals surface area contributed by atoms with E-state index < -0.39 is 11.4 Å². The first-order valence-corrected chi connectivity index (χ1v) is 7.07. The molecule has 0 bridgehead atoms. The fraction of sp³-hybridized carbons (Fsp3) is 0.375. The van der Waals surface area contributed by atoms with Gasteiger partial charge in [0.2, 0.25) is 5.43 Å². The number of aromatic nitrogens is 1. The van der Waals surface area contributed by atoms with Gasteiger partial charge in [-0.05, 0) is 31.9 Å². The van der Waals surface area contributed by atoms with Crippen molar-refractivity contribution in [2.45, 2.75) is 38.5 Å². The molecule has 1 saturated heterocycles. The lowest BCUT2D eigenvalue weighted by molar-refractivity contribution is 0.0462. The largest absolute Gasteiger partial charge is 0.477 e. The number of carboxylic acids is 1. The third-order valence-corrected chi connectivity index (χ3v) is 3.94.